The van der Waals surface area contributed by atoms with Crippen LogP contribution in [0.25, 0.3) is 0 Å². The van der Waals surface area contributed by atoms with Gasteiger partial charge in [-0.05, 0) is 35.7 Å². The number of alkyl halides is 5. The number of nitrogens with zero attached hydrogens (tertiary/aromatic N) is 4. The van der Waals surface area contributed by atoms with E-state index in [0.29, 0.717) is 18.1 Å². The van der Waals surface area contributed by atoms with E-state index < -0.39 is 48.5 Å². The quantitative estimate of drug-likeness (QED) is 0.418. The molecule has 0 spiro atoms. The van der Waals surface area contributed by atoms with E-state index in [2.05, 4.69) is 42.8 Å². The number of nitrogens with one attached hydrogen (secondary N) is 1. The van der Waals surface area contributed by atoms with Gasteiger partial charge in [0.25, 0.3) is 11.8 Å². The van der Waals surface area contributed by atoms with Crippen molar-refractivity contribution in [3.05, 3.63) is 40.8 Å². The van der Waals surface area contributed by atoms with Crippen LogP contribution in [0.5, 0.6) is 0 Å². The highest BCUT2D eigenvalue weighted by Crippen LogP contribution is 2.35. The molecule has 0 aromatic carbocycles. The van der Waals surface area contributed by atoms with Gasteiger partial charge >= 0.3 is 6.18 Å². The van der Waals surface area contributed by atoms with Crippen LogP contribution in [-0.4, -0.2) is 51.5 Å². The fourth-order valence-corrected chi connectivity index (χ4v) is 3.50. The van der Waals surface area contributed by atoms with Crippen LogP contribution >= 0.6 is 15.9 Å². The van der Waals surface area contributed by atoms with Gasteiger partial charge in [-0.1, -0.05) is 19.6 Å². The SMILES string of the molecule is C=C(Br)/C(=N\C(C)=C/C)C(=O)N1CC(F)(F)C[C@@H](C)C1CNc1ncc(C(F)(F)F)cn1. The lowest BCUT2D eigenvalue weighted by Crippen LogP contribution is -2.59. The number of hydrogen-bond donors (Lipinski definition) is 1. The molecule has 32 heavy (non-hydrogen) atoms. The number of aliphatic imine (C=N–C) groups is 1. The summed E-state index contributed by atoms with van der Waals surface area (Å²) in [6.45, 7) is 7.72. The topological polar surface area (TPSA) is 70.5 Å². The van der Waals surface area contributed by atoms with Gasteiger partial charge in [0.15, 0.2) is 0 Å². The number of allylic oxidation sites excluding steroid dienone is 2. The number of hydrogen-bond acceptors (Lipinski definition) is 5. The Bertz CT molecular complexity index is 914. The summed E-state index contributed by atoms with van der Waals surface area (Å²) in [5.74, 6) is -4.58. The molecule has 1 aliphatic rings. The molecule has 2 rings (SSSR count). The number of likely N-dealkylation sites (tertiary alicyclic amines) is 1. The van der Waals surface area contributed by atoms with Crippen molar-refractivity contribution in [1.82, 2.24) is 14.9 Å². The summed E-state index contributed by atoms with van der Waals surface area (Å²) in [6, 6.07) is -0.712. The number of amides is 1. The number of aromatic nitrogens is 2. The number of piperidine rings is 1. The summed E-state index contributed by atoms with van der Waals surface area (Å²) in [4.78, 5) is 25.6. The highest BCUT2D eigenvalue weighted by Gasteiger charge is 2.46. The Morgan fingerprint density at radius 1 is 1.41 bits per heavy atom. The molecule has 1 unspecified atom stereocenters. The molecule has 6 nitrogen and oxygen atoms in total. The molecule has 0 radical (unpaired) electrons. The van der Waals surface area contributed by atoms with Crippen LogP contribution in [0.1, 0.15) is 32.8 Å². The molecule has 2 atom stereocenters. The number of carbonyl (C=O) groups is 1. The zero-order chi connectivity index (χ0) is 24.3. The standard InChI is InChI=1S/C20H23BrF5N5O/c1-5-12(3)30-16(13(4)21)17(32)31-10-19(22,23)6-11(2)15(31)9-29-18-27-7-14(8-28-18)20(24,25)26/h5,7-8,11,15H,4,6,9-10H2,1-3H3,(H,27,28,29)/b12-5-,30-16+/t11-,15?/m1/s1. The maximum atomic E-state index is 14.3. The van der Waals surface area contributed by atoms with Crippen LogP contribution < -0.4 is 5.32 Å². The van der Waals surface area contributed by atoms with Gasteiger partial charge in [0.2, 0.25) is 5.95 Å². The van der Waals surface area contributed by atoms with Crippen LogP contribution in [0.15, 0.2) is 40.2 Å². The van der Waals surface area contributed by atoms with E-state index >= 15 is 0 Å². The highest BCUT2D eigenvalue weighted by atomic mass is 79.9. The smallest absolute Gasteiger partial charge is 0.352 e. The minimum Gasteiger partial charge on any atom is -0.352 e. The summed E-state index contributed by atoms with van der Waals surface area (Å²) in [7, 11) is 0. The van der Waals surface area contributed by atoms with E-state index in [1.54, 1.807) is 26.8 Å². The van der Waals surface area contributed by atoms with Crippen LogP contribution in [0, 0.1) is 5.92 Å². The van der Waals surface area contributed by atoms with Crippen LogP contribution in [0.2, 0.25) is 0 Å². The van der Waals surface area contributed by atoms with Crippen molar-refractivity contribution in [2.45, 2.75) is 45.3 Å². The van der Waals surface area contributed by atoms with E-state index in [4.69, 9.17) is 0 Å². The first-order valence-electron chi connectivity index (χ1n) is 9.63. The molecule has 1 N–H and O–H groups in total. The van der Waals surface area contributed by atoms with Gasteiger partial charge < -0.3 is 10.2 Å². The van der Waals surface area contributed by atoms with E-state index in [1.807, 2.05) is 0 Å². The fraction of sp³-hybridized carbons (Fsp3) is 0.500. The van der Waals surface area contributed by atoms with Crippen molar-refractivity contribution in [3.8, 4) is 0 Å². The molecule has 1 amide bonds. The molecule has 1 aromatic heterocycles. The second-order valence-electron chi connectivity index (χ2n) is 7.51. The summed E-state index contributed by atoms with van der Waals surface area (Å²) in [5, 5.41) is 2.74. The molecule has 1 fully saturated rings. The molecular formula is C20H23BrF5N5O. The van der Waals surface area contributed by atoms with Crippen molar-refractivity contribution >= 4 is 33.5 Å². The van der Waals surface area contributed by atoms with Crippen molar-refractivity contribution in [1.29, 1.82) is 0 Å². The fourth-order valence-electron chi connectivity index (χ4n) is 3.24. The molecule has 1 saturated heterocycles. The third kappa shape index (κ3) is 6.57. The Hall–Kier alpha value is -2.37. The van der Waals surface area contributed by atoms with Crippen molar-refractivity contribution in [2.75, 3.05) is 18.4 Å². The number of halogens is 6. The van der Waals surface area contributed by atoms with Gasteiger partial charge in [-0.15, -0.1) is 0 Å². The first-order valence-corrected chi connectivity index (χ1v) is 10.4. The van der Waals surface area contributed by atoms with Gasteiger partial charge in [-0.3, -0.25) is 4.79 Å². The summed E-state index contributed by atoms with van der Waals surface area (Å²) in [5.41, 5.74) is -0.624. The summed E-state index contributed by atoms with van der Waals surface area (Å²) in [6.07, 6.45) is -2.14. The molecular weight excluding hydrogens is 501 g/mol. The molecule has 0 saturated carbocycles. The van der Waals surface area contributed by atoms with Crippen LogP contribution in [-0.2, 0) is 11.0 Å². The average molecular weight is 524 g/mol. The van der Waals surface area contributed by atoms with E-state index in [-0.39, 0.29) is 22.7 Å². The van der Waals surface area contributed by atoms with Crippen LogP contribution in [0.3, 0.4) is 0 Å². The maximum absolute atomic E-state index is 14.3. The third-order valence-electron chi connectivity index (χ3n) is 4.95. The first kappa shape index (κ1) is 25.9. The Balaban J connectivity index is 2.29. The molecule has 1 aromatic rings. The molecule has 0 aliphatic carbocycles. The lowest BCUT2D eigenvalue weighted by molar-refractivity contribution is -0.145. The molecule has 176 valence electrons. The first-order chi connectivity index (χ1) is 14.7. The zero-order valence-corrected chi connectivity index (χ0v) is 19.3. The van der Waals surface area contributed by atoms with Crippen molar-refractivity contribution < 1.29 is 26.7 Å². The van der Waals surface area contributed by atoms with Gasteiger partial charge in [0.05, 0.1) is 18.2 Å². The molecule has 12 heteroatoms. The monoisotopic (exact) mass is 523 g/mol. The Labute approximate surface area is 190 Å². The maximum Gasteiger partial charge on any atom is 0.419 e. The summed E-state index contributed by atoms with van der Waals surface area (Å²) < 4.78 is 66.8. The van der Waals surface area contributed by atoms with E-state index in [0.717, 1.165) is 4.90 Å². The van der Waals surface area contributed by atoms with Gasteiger partial charge in [0, 0.05) is 35.5 Å². The second kappa shape index (κ2) is 10.1. The average Bonchev–Trinajstić information content (AvgIpc) is 2.69. The van der Waals surface area contributed by atoms with Gasteiger partial charge in [-0.25, -0.2) is 23.7 Å². The van der Waals surface area contributed by atoms with Crippen LogP contribution in [0.4, 0.5) is 27.9 Å². The van der Waals surface area contributed by atoms with Gasteiger partial charge in [-0.2, -0.15) is 13.2 Å². The molecule has 2 heterocycles. The predicted octanol–water partition coefficient (Wildman–Crippen LogP) is 5.05. The Morgan fingerprint density at radius 2 is 2.00 bits per heavy atom. The predicted molar refractivity (Wildman–Crippen MR) is 115 cm³/mol. The largest absolute Gasteiger partial charge is 0.419 e. The van der Waals surface area contributed by atoms with Gasteiger partial charge in [0.1, 0.15) is 5.71 Å². The van der Waals surface area contributed by atoms with Crippen molar-refractivity contribution in [3.63, 3.8) is 0 Å². The summed E-state index contributed by atoms with van der Waals surface area (Å²) >= 11 is 3.11. The highest BCUT2D eigenvalue weighted by molar-refractivity contribution is 9.12. The Kier molecular flexibility index (Phi) is 8.13. The van der Waals surface area contributed by atoms with E-state index in [1.165, 1.54) is 0 Å². The number of carbonyl (C=O) groups excluding carboxylic acids is 1. The molecule has 1 aliphatic heterocycles. The third-order valence-corrected chi connectivity index (χ3v) is 5.33. The normalized spacial score (nSPS) is 22.0. The number of rotatable bonds is 6. The molecule has 0 bridgehead atoms. The number of anilines is 1. The Morgan fingerprint density at radius 3 is 2.50 bits per heavy atom. The lowest BCUT2D eigenvalue weighted by atomic mass is 9.88. The minimum absolute atomic E-state index is 0.0427. The van der Waals surface area contributed by atoms with E-state index in [9.17, 15) is 26.7 Å². The second-order valence-corrected chi connectivity index (χ2v) is 8.46. The zero-order valence-electron chi connectivity index (χ0n) is 17.7. The lowest BCUT2D eigenvalue weighted by Gasteiger charge is -2.43. The minimum atomic E-state index is -4.58. The van der Waals surface area contributed by atoms with Crippen molar-refractivity contribution in [2.24, 2.45) is 10.9 Å².